The van der Waals surface area contributed by atoms with Gasteiger partial charge < -0.3 is 0 Å². The van der Waals surface area contributed by atoms with Gasteiger partial charge in [-0.3, -0.25) is 19.3 Å². The van der Waals surface area contributed by atoms with Gasteiger partial charge in [0.05, 0.1) is 11.4 Å². The molecule has 3 rings (SSSR count). The average molecular weight is 376 g/mol. The molecule has 1 aliphatic rings. The first-order valence-electron chi connectivity index (χ1n) is 7.24. The Morgan fingerprint density at radius 2 is 1.80 bits per heavy atom. The molecule has 0 N–H and O–H groups in total. The molecule has 0 spiro atoms. The van der Waals surface area contributed by atoms with E-state index >= 15 is 0 Å². The van der Waals surface area contributed by atoms with Gasteiger partial charge in [-0.2, -0.15) is 0 Å². The van der Waals surface area contributed by atoms with E-state index < -0.39 is 29.3 Å². The molecule has 2 amide bonds. The molecule has 0 unspecified atom stereocenters. The summed E-state index contributed by atoms with van der Waals surface area (Å²) in [5.41, 5.74) is 0.843. The number of benzene rings is 2. The first kappa shape index (κ1) is 17.4. The van der Waals surface area contributed by atoms with E-state index in [0.717, 1.165) is 28.8 Å². The highest BCUT2D eigenvalue weighted by molar-refractivity contribution is 8.18. The van der Waals surface area contributed by atoms with Crippen molar-refractivity contribution in [3.8, 4) is 0 Å². The molecule has 1 saturated heterocycles. The SMILES string of the molecule is O=C(CN1C(=O)S/C(=C/c2ccccc2Cl)C1=O)c1ccc(F)cc1. The van der Waals surface area contributed by atoms with E-state index in [9.17, 15) is 18.8 Å². The summed E-state index contributed by atoms with van der Waals surface area (Å²) < 4.78 is 12.9. The van der Waals surface area contributed by atoms with E-state index in [1.54, 1.807) is 24.3 Å². The maximum absolute atomic E-state index is 12.9. The van der Waals surface area contributed by atoms with Crippen LogP contribution in [0.5, 0.6) is 0 Å². The van der Waals surface area contributed by atoms with Crippen LogP contribution in [0.25, 0.3) is 6.08 Å². The molecule has 0 atom stereocenters. The standard InChI is InChI=1S/C18H11ClFNO3S/c19-14-4-2-1-3-12(14)9-16-17(23)21(18(24)25-16)10-15(22)11-5-7-13(20)8-6-11/h1-9H,10H2/b16-9+. The number of carbonyl (C=O) groups is 3. The number of thioether (sulfide) groups is 1. The highest BCUT2D eigenvalue weighted by Gasteiger charge is 2.36. The van der Waals surface area contributed by atoms with E-state index in [-0.39, 0.29) is 10.5 Å². The summed E-state index contributed by atoms with van der Waals surface area (Å²) in [5.74, 6) is -1.46. The third kappa shape index (κ3) is 3.81. The topological polar surface area (TPSA) is 54.5 Å². The van der Waals surface area contributed by atoms with Crippen LogP contribution in [0.4, 0.5) is 9.18 Å². The fraction of sp³-hybridized carbons (Fsp3) is 0.0556. The van der Waals surface area contributed by atoms with Gasteiger partial charge in [0, 0.05) is 10.6 Å². The van der Waals surface area contributed by atoms with E-state index in [0.29, 0.717) is 10.6 Å². The third-order valence-electron chi connectivity index (χ3n) is 3.53. The number of hydrogen-bond acceptors (Lipinski definition) is 4. The van der Waals surface area contributed by atoms with Gasteiger partial charge in [-0.15, -0.1) is 0 Å². The molecular formula is C18H11ClFNO3S. The van der Waals surface area contributed by atoms with Gasteiger partial charge in [0.1, 0.15) is 5.82 Å². The second kappa shape index (κ2) is 7.21. The Morgan fingerprint density at radius 1 is 1.12 bits per heavy atom. The van der Waals surface area contributed by atoms with Crippen LogP contribution in [-0.4, -0.2) is 28.4 Å². The fourth-order valence-electron chi connectivity index (χ4n) is 2.24. The predicted molar refractivity (Wildman–Crippen MR) is 94.9 cm³/mol. The second-order valence-corrected chi connectivity index (χ2v) is 6.62. The molecule has 1 heterocycles. The fourth-order valence-corrected chi connectivity index (χ4v) is 3.26. The molecule has 2 aromatic rings. The maximum Gasteiger partial charge on any atom is 0.293 e. The van der Waals surface area contributed by atoms with Gasteiger partial charge in [0.2, 0.25) is 0 Å². The molecular weight excluding hydrogens is 365 g/mol. The largest absolute Gasteiger partial charge is 0.293 e. The lowest BCUT2D eigenvalue weighted by Gasteiger charge is -2.11. The van der Waals surface area contributed by atoms with E-state index in [1.807, 2.05) is 0 Å². The number of imide groups is 1. The van der Waals surface area contributed by atoms with Gasteiger partial charge in [0.15, 0.2) is 5.78 Å². The highest BCUT2D eigenvalue weighted by Crippen LogP contribution is 2.33. The maximum atomic E-state index is 12.9. The molecule has 7 heteroatoms. The van der Waals surface area contributed by atoms with Crippen molar-refractivity contribution in [1.82, 2.24) is 4.90 Å². The van der Waals surface area contributed by atoms with Gasteiger partial charge in [-0.05, 0) is 53.7 Å². The van der Waals surface area contributed by atoms with Gasteiger partial charge in [-0.25, -0.2) is 4.39 Å². The van der Waals surface area contributed by atoms with Crippen LogP contribution in [0.3, 0.4) is 0 Å². The number of carbonyl (C=O) groups excluding carboxylic acids is 3. The molecule has 0 saturated carbocycles. The third-order valence-corrected chi connectivity index (χ3v) is 4.78. The van der Waals surface area contributed by atoms with Crippen LogP contribution in [0.15, 0.2) is 53.4 Å². The van der Waals surface area contributed by atoms with Gasteiger partial charge in [0.25, 0.3) is 11.1 Å². The molecule has 0 radical (unpaired) electrons. The Morgan fingerprint density at radius 3 is 2.48 bits per heavy atom. The molecule has 4 nitrogen and oxygen atoms in total. The summed E-state index contributed by atoms with van der Waals surface area (Å²) >= 11 is 6.80. The van der Waals surface area contributed by atoms with Crippen LogP contribution >= 0.6 is 23.4 Å². The summed E-state index contributed by atoms with van der Waals surface area (Å²) in [6.45, 7) is -0.393. The lowest BCUT2D eigenvalue weighted by molar-refractivity contribution is -0.122. The number of hydrogen-bond donors (Lipinski definition) is 0. The lowest BCUT2D eigenvalue weighted by atomic mass is 10.1. The first-order chi connectivity index (χ1) is 12.0. The second-order valence-electron chi connectivity index (χ2n) is 5.22. The van der Waals surface area contributed by atoms with Gasteiger partial charge >= 0.3 is 0 Å². The summed E-state index contributed by atoms with van der Waals surface area (Å²) in [7, 11) is 0. The van der Waals surface area contributed by atoms with Crippen molar-refractivity contribution in [3.63, 3.8) is 0 Å². The van der Waals surface area contributed by atoms with Crippen molar-refractivity contribution in [2.45, 2.75) is 0 Å². The first-order valence-corrected chi connectivity index (χ1v) is 8.44. The molecule has 0 aliphatic carbocycles. The smallest absolute Gasteiger partial charge is 0.292 e. The number of nitrogens with zero attached hydrogens (tertiary/aromatic N) is 1. The number of ketones is 1. The minimum Gasteiger partial charge on any atom is -0.292 e. The molecule has 0 aromatic heterocycles. The van der Waals surface area contributed by atoms with Crippen LogP contribution in [0.2, 0.25) is 5.02 Å². The molecule has 126 valence electrons. The van der Waals surface area contributed by atoms with Crippen molar-refractivity contribution in [1.29, 1.82) is 0 Å². The van der Waals surface area contributed by atoms with Crippen molar-refractivity contribution >= 4 is 46.4 Å². The van der Waals surface area contributed by atoms with Crippen LogP contribution in [0, 0.1) is 5.82 Å². The summed E-state index contributed by atoms with van der Waals surface area (Å²) in [5, 5.41) is -0.0737. The Hall–Kier alpha value is -2.44. The van der Waals surface area contributed by atoms with E-state index in [4.69, 9.17) is 11.6 Å². The molecule has 1 fully saturated rings. The van der Waals surface area contributed by atoms with Crippen LogP contribution in [0.1, 0.15) is 15.9 Å². The number of halogens is 2. The summed E-state index contributed by atoms with van der Waals surface area (Å²) in [4.78, 5) is 37.8. The molecule has 0 bridgehead atoms. The van der Waals surface area contributed by atoms with E-state index in [1.165, 1.54) is 18.2 Å². The predicted octanol–water partition coefficient (Wildman–Crippen LogP) is 4.40. The van der Waals surface area contributed by atoms with Crippen molar-refractivity contribution in [2.24, 2.45) is 0 Å². The van der Waals surface area contributed by atoms with Crippen LogP contribution < -0.4 is 0 Å². The molecule has 2 aromatic carbocycles. The van der Waals surface area contributed by atoms with Crippen molar-refractivity contribution < 1.29 is 18.8 Å². The minimum absolute atomic E-state index is 0.199. The highest BCUT2D eigenvalue weighted by atomic mass is 35.5. The van der Waals surface area contributed by atoms with Crippen LogP contribution in [-0.2, 0) is 4.79 Å². The van der Waals surface area contributed by atoms with Crippen molar-refractivity contribution in [2.75, 3.05) is 6.54 Å². The Kier molecular flexibility index (Phi) is 5.01. The van der Waals surface area contributed by atoms with Gasteiger partial charge in [-0.1, -0.05) is 29.8 Å². The Labute approximate surface area is 152 Å². The summed E-state index contributed by atoms with van der Waals surface area (Å²) in [6, 6.07) is 11.9. The normalized spacial score (nSPS) is 15.9. The molecule has 1 aliphatic heterocycles. The zero-order valence-corrected chi connectivity index (χ0v) is 14.3. The number of rotatable bonds is 4. The lowest BCUT2D eigenvalue weighted by Crippen LogP contribution is -2.33. The zero-order valence-electron chi connectivity index (χ0n) is 12.7. The number of amides is 2. The van der Waals surface area contributed by atoms with Crippen molar-refractivity contribution in [3.05, 3.63) is 75.4 Å². The summed E-state index contributed by atoms with van der Waals surface area (Å²) in [6.07, 6.45) is 1.52. The quantitative estimate of drug-likeness (QED) is 0.587. The van der Waals surface area contributed by atoms with E-state index in [2.05, 4.69) is 0 Å². The zero-order chi connectivity index (χ0) is 18.0. The number of Topliss-reactive ketones (excluding diaryl/α,β-unsaturated/α-hetero) is 1. The minimum atomic E-state index is -0.551. The molecule has 25 heavy (non-hydrogen) atoms. The Balaban J connectivity index is 1.79. The average Bonchev–Trinajstić information content (AvgIpc) is 2.85. The monoisotopic (exact) mass is 375 g/mol. The Bertz CT molecular complexity index is 895.